The van der Waals surface area contributed by atoms with Gasteiger partial charge in [0.05, 0.1) is 11.6 Å². The summed E-state index contributed by atoms with van der Waals surface area (Å²) in [6.45, 7) is 4.51. The highest BCUT2D eigenvalue weighted by Gasteiger charge is 2.11. The number of hydrogen-bond donors (Lipinski definition) is 2. The molecule has 0 bridgehead atoms. The van der Waals surface area contributed by atoms with Gasteiger partial charge in [0.25, 0.3) is 0 Å². The maximum absolute atomic E-state index is 11.6. The summed E-state index contributed by atoms with van der Waals surface area (Å²) >= 11 is 0. The van der Waals surface area contributed by atoms with Crippen LogP contribution in [0.5, 0.6) is 0 Å². The first-order chi connectivity index (χ1) is 8.17. The second kappa shape index (κ2) is 6.54. The lowest BCUT2D eigenvalue weighted by atomic mass is 10.2. The lowest BCUT2D eigenvalue weighted by Gasteiger charge is -2.14. The molecule has 1 aromatic rings. The van der Waals surface area contributed by atoms with Crippen LogP contribution >= 0.6 is 0 Å². The van der Waals surface area contributed by atoms with Crippen LogP contribution in [0, 0.1) is 11.3 Å². The Balaban J connectivity index is 2.52. The summed E-state index contributed by atoms with van der Waals surface area (Å²) in [6.07, 6.45) is 0.926. The average molecular weight is 231 g/mol. The van der Waals surface area contributed by atoms with Crippen molar-refractivity contribution < 1.29 is 4.79 Å². The molecule has 0 saturated carbocycles. The highest BCUT2D eigenvalue weighted by atomic mass is 16.2. The average Bonchev–Trinajstić information content (AvgIpc) is 2.36. The van der Waals surface area contributed by atoms with Crippen LogP contribution in [0.2, 0.25) is 0 Å². The van der Waals surface area contributed by atoms with E-state index < -0.39 is 0 Å². The van der Waals surface area contributed by atoms with E-state index in [2.05, 4.69) is 16.7 Å². The van der Waals surface area contributed by atoms with Gasteiger partial charge < -0.3 is 10.6 Å². The number of benzene rings is 1. The number of rotatable bonds is 5. The van der Waals surface area contributed by atoms with Crippen molar-refractivity contribution >= 4 is 11.6 Å². The standard InChI is InChI=1S/C13H17N3O/c1-3-8-15-13(17)10(2)16-12-6-4-11(9-14)5-7-12/h4-7,10,16H,3,8H2,1-2H3,(H,15,17). The second-order valence-electron chi connectivity index (χ2n) is 3.85. The molecule has 0 aromatic heterocycles. The Morgan fingerprint density at radius 1 is 1.41 bits per heavy atom. The number of carbonyl (C=O) groups is 1. The Bertz CT molecular complexity index is 406. The quantitative estimate of drug-likeness (QED) is 0.813. The van der Waals surface area contributed by atoms with Gasteiger partial charge >= 0.3 is 0 Å². The third-order valence-electron chi connectivity index (χ3n) is 2.34. The fourth-order valence-electron chi connectivity index (χ4n) is 1.36. The summed E-state index contributed by atoms with van der Waals surface area (Å²) in [5.74, 6) is -0.0174. The first-order valence-electron chi connectivity index (χ1n) is 5.71. The smallest absolute Gasteiger partial charge is 0.242 e. The first kappa shape index (κ1) is 13.0. The van der Waals surface area contributed by atoms with Gasteiger partial charge in [-0.15, -0.1) is 0 Å². The van der Waals surface area contributed by atoms with Crippen LogP contribution in [0.25, 0.3) is 0 Å². The van der Waals surface area contributed by atoms with Crippen molar-refractivity contribution in [3.05, 3.63) is 29.8 Å². The van der Waals surface area contributed by atoms with Crippen molar-refractivity contribution in [2.75, 3.05) is 11.9 Å². The highest BCUT2D eigenvalue weighted by Crippen LogP contribution is 2.10. The van der Waals surface area contributed by atoms with Gasteiger partial charge in [0.15, 0.2) is 0 Å². The monoisotopic (exact) mass is 231 g/mol. The van der Waals surface area contributed by atoms with Crippen molar-refractivity contribution in [3.63, 3.8) is 0 Å². The molecular formula is C13H17N3O. The Labute approximate surface area is 102 Å². The van der Waals surface area contributed by atoms with E-state index in [-0.39, 0.29) is 11.9 Å². The Morgan fingerprint density at radius 3 is 2.59 bits per heavy atom. The minimum Gasteiger partial charge on any atom is -0.374 e. The highest BCUT2D eigenvalue weighted by molar-refractivity contribution is 5.84. The molecule has 4 heteroatoms. The predicted octanol–water partition coefficient (Wildman–Crippen LogP) is 1.88. The number of hydrogen-bond acceptors (Lipinski definition) is 3. The topological polar surface area (TPSA) is 64.9 Å². The van der Waals surface area contributed by atoms with Gasteiger partial charge in [-0.1, -0.05) is 6.92 Å². The summed E-state index contributed by atoms with van der Waals surface area (Å²) < 4.78 is 0. The van der Waals surface area contributed by atoms with Crippen LogP contribution in [0.1, 0.15) is 25.8 Å². The van der Waals surface area contributed by atoms with Crippen molar-refractivity contribution in [2.45, 2.75) is 26.3 Å². The van der Waals surface area contributed by atoms with Gasteiger partial charge in [-0.05, 0) is 37.6 Å². The number of nitrogens with zero attached hydrogens (tertiary/aromatic N) is 1. The Hall–Kier alpha value is -2.02. The third-order valence-corrected chi connectivity index (χ3v) is 2.34. The van der Waals surface area contributed by atoms with Gasteiger partial charge in [0, 0.05) is 12.2 Å². The van der Waals surface area contributed by atoms with Crippen molar-refractivity contribution in [1.82, 2.24) is 5.32 Å². The number of anilines is 1. The molecule has 1 aromatic carbocycles. The maximum Gasteiger partial charge on any atom is 0.242 e. The second-order valence-corrected chi connectivity index (χ2v) is 3.85. The van der Waals surface area contributed by atoms with Gasteiger partial charge in [-0.2, -0.15) is 5.26 Å². The molecular weight excluding hydrogens is 214 g/mol. The minimum absolute atomic E-state index is 0.0174. The van der Waals surface area contributed by atoms with Crippen molar-refractivity contribution in [2.24, 2.45) is 0 Å². The van der Waals surface area contributed by atoms with E-state index in [9.17, 15) is 4.79 Å². The molecule has 0 spiro atoms. The molecule has 1 amide bonds. The van der Waals surface area contributed by atoms with Gasteiger partial charge in [-0.25, -0.2) is 0 Å². The van der Waals surface area contributed by atoms with Crippen LogP contribution in [0.4, 0.5) is 5.69 Å². The lowest BCUT2D eigenvalue weighted by Crippen LogP contribution is -2.37. The van der Waals surface area contributed by atoms with E-state index in [0.29, 0.717) is 12.1 Å². The van der Waals surface area contributed by atoms with Crippen LogP contribution in [-0.2, 0) is 4.79 Å². The molecule has 0 fully saturated rings. The molecule has 1 atom stereocenters. The van der Waals surface area contributed by atoms with Gasteiger partial charge in [0.1, 0.15) is 6.04 Å². The Morgan fingerprint density at radius 2 is 2.06 bits per heavy atom. The molecule has 1 unspecified atom stereocenters. The number of amides is 1. The van der Waals surface area contributed by atoms with E-state index in [1.165, 1.54) is 0 Å². The number of nitriles is 1. The summed E-state index contributed by atoms with van der Waals surface area (Å²) in [4.78, 5) is 11.6. The van der Waals surface area contributed by atoms with Gasteiger partial charge in [-0.3, -0.25) is 4.79 Å². The van der Waals surface area contributed by atoms with Crippen LogP contribution in [0.3, 0.4) is 0 Å². The molecule has 90 valence electrons. The van der Waals surface area contributed by atoms with E-state index in [1.807, 2.05) is 13.8 Å². The van der Waals surface area contributed by atoms with Crippen molar-refractivity contribution in [3.8, 4) is 6.07 Å². The predicted molar refractivity (Wildman–Crippen MR) is 67.5 cm³/mol. The first-order valence-corrected chi connectivity index (χ1v) is 5.71. The number of nitrogens with one attached hydrogen (secondary N) is 2. The maximum atomic E-state index is 11.6. The fourth-order valence-corrected chi connectivity index (χ4v) is 1.36. The van der Waals surface area contributed by atoms with Crippen LogP contribution in [-0.4, -0.2) is 18.5 Å². The zero-order valence-corrected chi connectivity index (χ0v) is 10.2. The number of carbonyl (C=O) groups excluding carboxylic acids is 1. The fraction of sp³-hybridized carbons (Fsp3) is 0.385. The van der Waals surface area contributed by atoms with E-state index in [1.54, 1.807) is 24.3 Å². The molecule has 0 aliphatic carbocycles. The summed E-state index contributed by atoms with van der Waals surface area (Å²) in [6, 6.07) is 8.80. The molecule has 4 nitrogen and oxygen atoms in total. The lowest BCUT2D eigenvalue weighted by molar-refractivity contribution is -0.121. The van der Waals surface area contributed by atoms with Gasteiger partial charge in [0.2, 0.25) is 5.91 Å². The van der Waals surface area contributed by atoms with Crippen molar-refractivity contribution in [1.29, 1.82) is 5.26 Å². The van der Waals surface area contributed by atoms with E-state index in [4.69, 9.17) is 5.26 Å². The molecule has 0 saturated heterocycles. The minimum atomic E-state index is -0.283. The molecule has 0 heterocycles. The molecule has 0 aliphatic rings. The Kier molecular flexibility index (Phi) is 5.02. The zero-order valence-electron chi connectivity index (χ0n) is 10.2. The summed E-state index contributed by atoms with van der Waals surface area (Å²) in [7, 11) is 0. The molecule has 0 aliphatic heterocycles. The van der Waals surface area contributed by atoms with E-state index >= 15 is 0 Å². The van der Waals surface area contributed by atoms with Crippen LogP contribution < -0.4 is 10.6 Å². The SMILES string of the molecule is CCCNC(=O)C(C)Nc1ccc(C#N)cc1. The van der Waals surface area contributed by atoms with Crippen LogP contribution in [0.15, 0.2) is 24.3 Å². The third kappa shape index (κ3) is 4.15. The molecule has 1 rings (SSSR count). The molecule has 0 radical (unpaired) electrons. The summed E-state index contributed by atoms with van der Waals surface area (Å²) in [5, 5.41) is 14.6. The molecule has 17 heavy (non-hydrogen) atoms. The largest absolute Gasteiger partial charge is 0.374 e. The van der Waals surface area contributed by atoms with E-state index in [0.717, 1.165) is 12.1 Å². The molecule has 2 N–H and O–H groups in total. The zero-order chi connectivity index (χ0) is 12.7. The normalized spacial score (nSPS) is 11.4. The summed E-state index contributed by atoms with van der Waals surface area (Å²) in [5.41, 5.74) is 1.45.